The Morgan fingerprint density at radius 2 is 1.81 bits per heavy atom. The van der Waals surface area contributed by atoms with Gasteiger partial charge in [0.2, 0.25) is 0 Å². The molecule has 2 bridgehead atoms. The Morgan fingerprint density at radius 3 is 2.43 bits per heavy atom. The molecule has 3 atom stereocenters. The summed E-state index contributed by atoms with van der Waals surface area (Å²) in [6.45, 7) is 6.56. The molecule has 0 saturated carbocycles. The summed E-state index contributed by atoms with van der Waals surface area (Å²) in [5.74, 6) is -0.770. The summed E-state index contributed by atoms with van der Waals surface area (Å²) in [4.78, 5) is 24.3. The molecule has 1 aromatic carbocycles. The molecule has 21 heavy (non-hydrogen) atoms. The van der Waals surface area contributed by atoms with Crippen LogP contribution in [0.5, 0.6) is 5.75 Å². The number of ether oxygens (including phenoxy) is 2. The van der Waals surface area contributed by atoms with E-state index >= 15 is 0 Å². The molecule has 2 aliphatic rings. The summed E-state index contributed by atoms with van der Waals surface area (Å²) in [7, 11) is 0. The topological polar surface area (TPSA) is 52.6 Å². The van der Waals surface area contributed by atoms with Crippen molar-refractivity contribution in [2.75, 3.05) is 0 Å². The summed E-state index contributed by atoms with van der Waals surface area (Å²) in [6, 6.07) is 7.52. The number of hydrogen-bond donors (Lipinski definition) is 0. The molecule has 2 heterocycles. The lowest BCUT2D eigenvalue weighted by molar-refractivity contribution is -0.202. The fourth-order valence-corrected chi connectivity index (χ4v) is 3.65. The molecule has 0 N–H and O–H groups in total. The third-order valence-corrected chi connectivity index (χ3v) is 4.33. The largest absolute Gasteiger partial charge is 0.456 e. The first kappa shape index (κ1) is 13.9. The highest BCUT2D eigenvalue weighted by atomic mass is 16.7. The normalized spacial score (nSPS) is 30.1. The first-order valence-electron chi connectivity index (χ1n) is 7.04. The van der Waals surface area contributed by atoms with Gasteiger partial charge in [-0.3, -0.25) is 9.59 Å². The zero-order valence-electron chi connectivity index (χ0n) is 12.6. The van der Waals surface area contributed by atoms with Gasteiger partial charge in [-0.05, 0) is 26.8 Å². The molecule has 1 aromatic rings. The van der Waals surface area contributed by atoms with Crippen molar-refractivity contribution < 1.29 is 19.1 Å². The second kappa shape index (κ2) is 4.45. The van der Waals surface area contributed by atoms with E-state index < -0.39 is 11.7 Å². The van der Waals surface area contributed by atoms with Gasteiger partial charge >= 0.3 is 0 Å². The van der Waals surface area contributed by atoms with Gasteiger partial charge in [-0.2, -0.15) is 0 Å². The van der Waals surface area contributed by atoms with Crippen LogP contribution in [0.2, 0.25) is 0 Å². The van der Waals surface area contributed by atoms with Gasteiger partial charge in [-0.15, -0.1) is 0 Å². The van der Waals surface area contributed by atoms with Crippen LogP contribution in [0.1, 0.15) is 39.2 Å². The van der Waals surface area contributed by atoms with Crippen molar-refractivity contribution in [1.82, 2.24) is 0 Å². The van der Waals surface area contributed by atoms with Gasteiger partial charge in [-0.25, -0.2) is 0 Å². The molecule has 110 valence electrons. The Balaban J connectivity index is 2.31. The van der Waals surface area contributed by atoms with Gasteiger partial charge in [0.15, 0.2) is 5.78 Å². The molecule has 2 aliphatic heterocycles. The lowest BCUT2D eigenvalue weighted by atomic mass is 9.70. The maximum Gasteiger partial charge on any atom is 0.258 e. The van der Waals surface area contributed by atoms with Crippen LogP contribution in [-0.2, 0) is 14.3 Å². The number of hydrogen-bond acceptors (Lipinski definition) is 4. The quantitative estimate of drug-likeness (QED) is 0.838. The molecule has 0 aliphatic carbocycles. The zero-order valence-corrected chi connectivity index (χ0v) is 12.6. The molecular weight excluding hydrogens is 268 g/mol. The number of carbonyl (C=O) groups is 2. The lowest BCUT2D eigenvalue weighted by Crippen LogP contribution is -2.55. The van der Waals surface area contributed by atoms with Crippen LogP contribution in [0.4, 0.5) is 0 Å². The highest BCUT2D eigenvalue weighted by molar-refractivity contribution is 5.97. The van der Waals surface area contributed by atoms with E-state index in [1.807, 2.05) is 24.3 Å². The van der Waals surface area contributed by atoms with E-state index in [-0.39, 0.29) is 17.5 Å². The standard InChI is InChI=1S/C17H18O4/c1-9(18)14-11(3)20-17(4)16(10(2)19)15(14)12-7-5-6-8-13(12)21-17/h5-8,15-16H,1-4H3. The van der Waals surface area contributed by atoms with E-state index in [2.05, 4.69) is 0 Å². The Hall–Kier alpha value is -2.10. The molecule has 3 rings (SSSR count). The van der Waals surface area contributed by atoms with Crippen LogP contribution in [0.25, 0.3) is 0 Å². The van der Waals surface area contributed by atoms with Gasteiger partial charge < -0.3 is 9.47 Å². The SMILES string of the molecule is CC(=O)C1=C(C)OC2(C)Oc3ccccc3C1C2C(C)=O. The third-order valence-electron chi connectivity index (χ3n) is 4.33. The second-order valence-corrected chi connectivity index (χ2v) is 5.85. The van der Waals surface area contributed by atoms with Crippen LogP contribution in [0.15, 0.2) is 35.6 Å². The number of benzene rings is 1. The van der Waals surface area contributed by atoms with Crippen molar-refractivity contribution in [2.24, 2.45) is 5.92 Å². The number of allylic oxidation sites excluding steroid dienone is 2. The first-order valence-corrected chi connectivity index (χ1v) is 7.04. The molecular formula is C17H18O4. The molecule has 0 spiro atoms. The average Bonchev–Trinajstić information content (AvgIpc) is 2.36. The molecule has 4 heteroatoms. The van der Waals surface area contributed by atoms with Gasteiger partial charge in [0.05, 0.1) is 0 Å². The van der Waals surface area contributed by atoms with E-state index in [4.69, 9.17) is 9.47 Å². The van der Waals surface area contributed by atoms with Crippen LogP contribution >= 0.6 is 0 Å². The van der Waals surface area contributed by atoms with Crippen molar-refractivity contribution in [3.8, 4) is 5.75 Å². The molecule has 0 amide bonds. The Morgan fingerprint density at radius 1 is 1.14 bits per heavy atom. The second-order valence-electron chi connectivity index (χ2n) is 5.85. The fourth-order valence-electron chi connectivity index (χ4n) is 3.65. The highest BCUT2D eigenvalue weighted by Crippen LogP contribution is 2.53. The molecule has 0 fully saturated rings. The maximum atomic E-state index is 12.2. The Labute approximate surface area is 123 Å². The number of fused-ring (bicyclic) bond motifs is 4. The number of carbonyl (C=O) groups excluding carboxylic acids is 2. The smallest absolute Gasteiger partial charge is 0.258 e. The van der Waals surface area contributed by atoms with Crippen LogP contribution in [-0.4, -0.2) is 17.4 Å². The monoisotopic (exact) mass is 286 g/mol. The number of para-hydroxylation sites is 1. The summed E-state index contributed by atoms with van der Waals surface area (Å²) in [5, 5.41) is 0. The molecule has 0 aromatic heterocycles. The van der Waals surface area contributed by atoms with E-state index in [1.54, 1.807) is 13.8 Å². The molecule has 0 saturated heterocycles. The van der Waals surface area contributed by atoms with Crippen LogP contribution in [0, 0.1) is 5.92 Å². The Bertz CT molecular complexity index is 673. The van der Waals surface area contributed by atoms with E-state index in [9.17, 15) is 9.59 Å². The molecule has 0 radical (unpaired) electrons. The van der Waals surface area contributed by atoms with Gasteiger partial charge in [0.25, 0.3) is 5.79 Å². The van der Waals surface area contributed by atoms with Crippen LogP contribution < -0.4 is 4.74 Å². The van der Waals surface area contributed by atoms with Crippen LogP contribution in [0.3, 0.4) is 0 Å². The highest BCUT2D eigenvalue weighted by Gasteiger charge is 2.56. The van der Waals surface area contributed by atoms with Gasteiger partial charge in [0, 0.05) is 24.0 Å². The first-order chi connectivity index (χ1) is 9.85. The number of Topliss-reactive ketones (excluding diaryl/α,β-unsaturated/α-hetero) is 2. The number of rotatable bonds is 2. The van der Waals surface area contributed by atoms with Gasteiger partial charge in [0.1, 0.15) is 23.2 Å². The van der Waals surface area contributed by atoms with E-state index in [0.29, 0.717) is 17.1 Å². The number of ketones is 2. The summed E-state index contributed by atoms with van der Waals surface area (Å²) < 4.78 is 11.8. The Kier molecular flexibility index (Phi) is 2.94. The average molecular weight is 286 g/mol. The lowest BCUT2D eigenvalue weighted by Gasteiger charge is -2.49. The maximum absolute atomic E-state index is 12.2. The van der Waals surface area contributed by atoms with E-state index in [0.717, 1.165) is 5.56 Å². The predicted octanol–water partition coefficient (Wildman–Crippen LogP) is 2.98. The zero-order chi connectivity index (χ0) is 15.4. The third kappa shape index (κ3) is 1.89. The van der Waals surface area contributed by atoms with Crippen molar-refractivity contribution in [3.05, 3.63) is 41.2 Å². The molecule has 3 unspecified atom stereocenters. The van der Waals surface area contributed by atoms with Crippen molar-refractivity contribution in [2.45, 2.75) is 39.4 Å². The summed E-state index contributed by atoms with van der Waals surface area (Å²) >= 11 is 0. The molecule has 4 nitrogen and oxygen atoms in total. The van der Waals surface area contributed by atoms with Crippen molar-refractivity contribution >= 4 is 11.6 Å². The summed E-state index contributed by atoms with van der Waals surface area (Å²) in [5.41, 5.74) is 1.45. The fraction of sp³-hybridized carbons (Fsp3) is 0.412. The van der Waals surface area contributed by atoms with E-state index in [1.165, 1.54) is 13.8 Å². The van der Waals surface area contributed by atoms with Crippen molar-refractivity contribution in [3.63, 3.8) is 0 Å². The summed E-state index contributed by atoms with van der Waals surface area (Å²) in [6.07, 6.45) is 0. The van der Waals surface area contributed by atoms with Crippen molar-refractivity contribution in [1.29, 1.82) is 0 Å². The minimum atomic E-state index is -1.06. The van der Waals surface area contributed by atoms with Gasteiger partial charge in [-0.1, -0.05) is 18.2 Å². The predicted molar refractivity (Wildman–Crippen MR) is 76.9 cm³/mol. The minimum Gasteiger partial charge on any atom is -0.456 e. The minimum absolute atomic E-state index is 0.0387.